The molecular formula is C14H26N2O2. The average Bonchev–Trinajstić information content (AvgIpc) is 2.90. The van der Waals surface area contributed by atoms with E-state index >= 15 is 0 Å². The van der Waals surface area contributed by atoms with E-state index in [9.17, 15) is 9.90 Å². The Bertz CT molecular complexity index is 280. The number of nitrogens with zero attached hydrogens (tertiary/aromatic N) is 2. The molecule has 104 valence electrons. The van der Waals surface area contributed by atoms with Gasteiger partial charge < -0.3 is 14.9 Å². The maximum atomic E-state index is 11.4. The third kappa shape index (κ3) is 3.04. The van der Waals surface area contributed by atoms with Gasteiger partial charge in [-0.25, -0.2) is 0 Å². The molecule has 0 radical (unpaired) electrons. The first-order valence-electron chi connectivity index (χ1n) is 7.34. The number of hydrogen-bond donors (Lipinski definition) is 1. The minimum absolute atomic E-state index is 0.440. The molecule has 2 saturated heterocycles. The van der Waals surface area contributed by atoms with E-state index in [4.69, 9.17) is 0 Å². The molecular weight excluding hydrogens is 228 g/mol. The van der Waals surface area contributed by atoms with Gasteiger partial charge in [0.1, 0.15) is 0 Å². The second kappa shape index (κ2) is 6.02. The predicted molar refractivity (Wildman–Crippen MR) is 71.7 cm³/mol. The summed E-state index contributed by atoms with van der Waals surface area (Å²) in [6, 6.07) is 0. The van der Waals surface area contributed by atoms with E-state index in [-0.39, 0.29) is 0 Å². The van der Waals surface area contributed by atoms with Gasteiger partial charge in [-0.15, -0.1) is 0 Å². The highest BCUT2D eigenvalue weighted by Gasteiger charge is 2.39. The second-order valence-corrected chi connectivity index (χ2v) is 5.83. The number of rotatable bonds is 5. The Morgan fingerprint density at radius 2 is 1.56 bits per heavy atom. The maximum Gasteiger partial charge on any atom is 0.309 e. The van der Waals surface area contributed by atoms with Crippen LogP contribution in [0.15, 0.2) is 0 Å². The number of carboxylic acid groups (broad SMARTS) is 1. The van der Waals surface area contributed by atoms with E-state index in [2.05, 4.69) is 9.80 Å². The van der Waals surface area contributed by atoms with Gasteiger partial charge in [-0.3, -0.25) is 4.79 Å². The van der Waals surface area contributed by atoms with Crippen molar-refractivity contribution >= 4 is 5.97 Å². The van der Waals surface area contributed by atoms with Gasteiger partial charge in [0, 0.05) is 13.1 Å². The highest BCUT2D eigenvalue weighted by atomic mass is 16.4. The van der Waals surface area contributed by atoms with Crippen molar-refractivity contribution in [1.29, 1.82) is 0 Å². The SMILES string of the molecule is CCC1(C(=O)O)CCN(CCN2CCCC2)CC1. The lowest BCUT2D eigenvalue weighted by atomic mass is 9.76. The Morgan fingerprint density at radius 3 is 2.00 bits per heavy atom. The molecule has 2 fully saturated rings. The van der Waals surface area contributed by atoms with Crippen LogP contribution in [0.5, 0.6) is 0 Å². The Morgan fingerprint density at radius 1 is 1.06 bits per heavy atom. The van der Waals surface area contributed by atoms with E-state index < -0.39 is 11.4 Å². The summed E-state index contributed by atoms with van der Waals surface area (Å²) in [5, 5.41) is 9.35. The van der Waals surface area contributed by atoms with Crippen molar-refractivity contribution in [3.63, 3.8) is 0 Å². The zero-order chi connectivity index (χ0) is 13.0. The molecule has 0 amide bonds. The smallest absolute Gasteiger partial charge is 0.309 e. The van der Waals surface area contributed by atoms with E-state index in [1.165, 1.54) is 25.9 Å². The van der Waals surface area contributed by atoms with Crippen LogP contribution in [0.25, 0.3) is 0 Å². The van der Waals surface area contributed by atoms with Crippen LogP contribution in [0, 0.1) is 5.41 Å². The number of likely N-dealkylation sites (tertiary alicyclic amines) is 2. The minimum atomic E-state index is -0.593. The number of hydrogen-bond acceptors (Lipinski definition) is 3. The standard InChI is InChI=1S/C14H26N2O2/c1-2-14(13(17)18)5-9-16(10-6-14)12-11-15-7-3-4-8-15/h2-12H2,1H3,(H,17,18). The zero-order valence-electron chi connectivity index (χ0n) is 11.5. The van der Waals surface area contributed by atoms with Crippen molar-refractivity contribution in [1.82, 2.24) is 9.80 Å². The van der Waals surface area contributed by atoms with E-state index in [1.54, 1.807) is 0 Å². The van der Waals surface area contributed by atoms with Gasteiger partial charge in [-0.1, -0.05) is 6.92 Å². The Balaban J connectivity index is 1.74. The number of carboxylic acids is 1. The fourth-order valence-electron chi connectivity index (χ4n) is 3.21. The molecule has 0 aromatic rings. The maximum absolute atomic E-state index is 11.4. The summed E-state index contributed by atoms with van der Waals surface area (Å²) >= 11 is 0. The van der Waals surface area contributed by atoms with Crippen LogP contribution >= 0.6 is 0 Å². The number of carbonyl (C=O) groups is 1. The molecule has 2 heterocycles. The molecule has 1 N–H and O–H groups in total. The molecule has 4 heteroatoms. The summed E-state index contributed by atoms with van der Waals surface area (Å²) in [6.07, 6.45) is 5.09. The van der Waals surface area contributed by atoms with Crippen LogP contribution in [-0.2, 0) is 4.79 Å². The van der Waals surface area contributed by atoms with Gasteiger partial charge in [-0.05, 0) is 58.3 Å². The lowest BCUT2D eigenvalue weighted by Crippen LogP contribution is -2.46. The molecule has 18 heavy (non-hydrogen) atoms. The molecule has 0 aromatic heterocycles. The summed E-state index contributed by atoms with van der Waals surface area (Å²) in [5.74, 6) is -0.593. The molecule has 0 unspecified atom stereocenters. The molecule has 2 aliphatic heterocycles. The van der Waals surface area contributed by atoms with E-state index in [0.717, 1.165) is 45.4 Å². The Labute approximate surface area is 110 Å². The lowest BCUT2D eigenvalue weighted by molar-refractivity contribution is -0.152. The van der Waals surface area contributed by atoms with Gasteiger partial charge in [0.25, 0.3) is 0 Å². The molecule has 2 rings (SSSR count). The van der Waals surface area contributed by atoms with Crippen LogP contribution in [0.1, 0.15) is 39.0 Å². The van der Waals surface area contributed by atoms with Gasteiger partial charge in [0.2, 0.25) is 0 Å². The largest absolute Gasteiger partial charge is 0.481 e. The fourth-order valence-corrected chi connectivity index (χ4v) is 3.21. The van der Waals surface area contributed by atoms with Crippen molar-refractivity contribution in [2.45, 2.75) is 39.0 Å². The molecule has 0 atom stereocenters. The predicted octanol–water partition coefficient (Wildman–Crippen LogP) is 1.66. The van der Waals surface area contributed by atoms with Gasteiger partial charge >= 0.3 is 5.97 Å². The molecule has 4 nitrogen and oxygen atoms in total. The summed E-state index contributed by atoms with van der Waals surface area (Å²) in [6.45, 7) is 8.69. The summed E-state index contributed by atoms with van der Waals surface area (Å²) in [4.78, 5) is 16.3. The van der Waals surface area contributed by atoms with Gasteiger partial charge in [0.05, 0.1) is 5.41 Å². The molecule has 0 bridgehead atoms. The van der Waals surface area contributed by atoms with Crippen molar-refractivity contribution < 1.29 is 9.90 Å². The van der Waals surface area contributed by atoms with Crippen LogP contribution < -0.4 is 0 Å². The van der Waals surface area contributed by atoms with Crippen molar-refractivity contribution in [3.8, 4) is 0 Å². The van der Waals surface area contributed by atoms with Gasteiger partial charge in [-0.2, -0.15) is 0 Å². The molecule has 0 saturated carbocycles. The molecule has 0 spiro atoms. The molecule has 2 aliphatic rings. The monoisotopic (exact) mass is 254 g/mol. The number of piperidine rings is 1. The van der Waals surface area contributed by atoms with Crippen molar-refractivity contribution in [2.75, 3.05) is 39.3 Å². The molecule has 0 aliphatic carbocycles. The molecule has 0 aromatic carbocycles. The Kier molecular flexibility index (Phi) is 4.62. The third-order valence-electron chi connectivity index (χ3n) is 4.87. The number of aliphatic carboxylic acids is 1. The van der Waals surface area contributed by atoms with E-state index in [0.29, 0.717) is 0 Å². The normalized spacial score (nSPS) is 25.4. The highest BCUT2D eigenvalue weighted by molar-refractivity contribution is 5.74. The Hall–Kier alpha value is -0.610. The first kappa shape index (κ1) is 13.8. The fraction of sp³-hybridized carbons (Fsp3) is 0.929. The van der Waals surface area contributed by atoms with Crippen LogP contribution in [0.3, 0.4) is 0 Å². The average molecular weight is 254 g/mol. The lowest BCUT2D eigenvalue weighted by Gasteiger charge is -2.38. The van der Waals surface area contributed by atoms with Crippen LogP contribution in [0.4, 0.5) is 0 Å². The van der Waals surface area contributed by atoms with Crippen LogP contribution in [-0.4, -0.2) is 60.1 Å². The van der Waals surface area contributed by atoms with E-state index in [1.807, 2.05) is 6.92 Å². The van der Waals surface area contributed by atoms with Crippen LogP contribution in [0.2, 0.25) is 0 Å². The summed E-state index contributed by atoms with van der Waals surface area (Å²) in [7, 11) is 0. The third-order valence-corrected chi connectivity index (χ3v) is 4.87. The second-order valence-electron chi connectivity index (χ2n) is 5.83. The van der Waals surface area contributed by atoms with Crippen molar-refractivity contribution in [2.24, 2.45) is 5.41 Å². The summed E-state index contributed by atoms with van der Waals surface area (Å²) in [5.41, 5.74) is -0.440. The van der Waals surface area contributed by atoms with Gasteiger partial charge in [0.15, 0.2) is 0 Å². The zero-order valence-corrected chi connectivity index (χ0v) is 11.5. The van der Waals surface area contributed by atoms with Crippen molar-refractivity contribution in [3.05, 3.63) is 0 Å². The first-order valence-corrected chi connectivity index (χ1v) is 7.34. The highest BCUT2D eigenvalue weighted by Crippen LogP contribution is 2.34. The minimum Gasteiger partial charge on any atom is -0.481 e. The quantitative estimate of drug-likeness (QED) is 0.810. The topological polar surface area (TPSA) is 43.8 Å². The summed E-state index contributed by atoms with van der Waals surface area (Å²) < 4.78 is 0. The first-order chi connectivity index (χ1) is 8.66.